The monoisotopic (exact) mass is 323 g/mol. The van der Waals surface area contributed by atoms with Crippen molar-refractivity contribution >= 4 is 23.7 Å². The summed E-state index contributed by atoms with van der Waals surface area (Å²) >= 11 is 0. The van der Waals surface area contributed by atoms with Gasteiger partial charge in [0.1, 0.15) is 17.5 Å². The molecule has 1 saturated heterocycles. The summed E-state index contributed by atoms with van der Waals surface area (Å²) in [4.78, 5) is 36.6. The first-order valence-corrected chi connectivity index (χ1v) is 7.03. The van der Waals surface area contributed by atoms with Gasteiger partial charge in [0.2, 0.25) is 5.91 Å². The van der Waals surface area contributed by atoms with Crippen LogP contribution in [0.1, 0.15) is 20.8 Å². The van der Waals surface area contributed by atoms with Crippen LogP contribution >= 0.6 is 0 Å². The Hall–Kier alpha value is -2.64. The minimum absolute atomic E-state index is 0.138. The summed E-state index contributed by atoms with van der Waals surface area (Å²) < 4.78 is 17.9. The molecule has 2 N–H and O–H groups in total. The second kappa shape index (κ2) is 6.23. The third-order valence-electron chi connectivity index (χ3n) is 2.95. The fourth-order valence-corrected chi connectivity index (χ4v) is 1.92. The molecule has 2 rings (SSSR count). The molecular formula is C15H18FN3O4. The largest absolute Gasteiger partial charge is 0.443 e. The molecule has 0 radical (unpaired) electrons. The molecule has 124 valence electrons. The van der Waals surface area contributed by atoms with Crippen LogP contribution in [0.2, 0.25) is 0 Å². The Morgan fingerprint density at radius 1 is 1.30 bits per heavy atom. The zero-order valence-corrected chi connectivity index (χ0v) is 13.1. The van der Waals surface area contributed by atoms with Gasteiger partial charge in [-0.05, 0) is 45.0 Å². The molecule has 0 saturated carbocycles. The highest BCUT2D eigenvalue weighted by molar-refractivity contribution is 6.02. The highest BCUT2D eigenvalue weighted by Crippen LogP contribution is 2.15. The van der Waals surface area contributed by atoms with E-state index in [1.165, 1.54) is 24.3 Å². The number of benzene rings is 1. The predicted molar refractivity (Wildman–Crippen MR) is 80.3 cm³/mol. The number of hydrogen-bond acceptors (Lipinski definition) is 4. The van der Waals surface area contributed by atoms with E-state index < -0.39 is 35.5 Å². The first-order chi connectivity index (χ1) is 10.7. The number of nitrogens with zero attached hydrogens (tertiary/aromatic N) is 1. The maximum atomic E-state index is 12.8. The molecule has 0 bridgehead atoms. The molecule has 1 fully saturated rings. The molecule has 1 aliphatic rings. The third kappa shape index (κ3) is 4.41. The lowest BCUT2D eigenvalue weighted by atomic mass is 10.2. The van der Waals surface area contributed by atoms with E-state index in [4.69, 9.17) is 4.74 Å². The molecular weight excluding hydrogens is 305 g/mol. The zero-order chi connectivity index (χ0) is 17.2. The molecule has 1 aromatic rings. The molecule has 1 unspecified atom stereocenters. The number of carbonyl (C=O) groups is 3. The summed E-state index contributed by atoms with van der Waals surface area (Å²) in [6.07, 6.45) is -0.813. The van der Waals surface area contributed by atoms with E-state index in [0.29, 0.717) is 5.69 Å². The first-order valence-electron chi connectivity index (χ1n) is 7.03. The van der Waals surface area contributed by atoms with Crippen LogP contribution in [0.5, 0.6) is 0 Å². The maximum Gasteiger partial charge on any atom is 0.418 e. The van der Waals surface area contributed by atoms with Crippen LogP contribution in [-0.4, -0.2) is 41.1 Å². The Kier molecular flexibility index (Phi) is 4.53. The molecule has 0 spiro atoms. The van der Waals surface area contributed by atoms with Crippen LogP contribution in [0, 0.1) is 5.82 Å². The van der Waals surface area contributed by atoms with Gasteiger partial charge in [-0.3, -0.25) is 4.79 Å². The average molecular weight is 323 g/mol. The lowest BCUT2D eigenvalue weighted by molar-refractivity contribution is -0.117. The number of halogens is 1. The van der Waals surface area contributed by atoms with E-state index >= 15 is 0 Å². The molecule has 1 aromatic carbocycles. The predicted octanol–water partition coefficient (Wildman–Crippen LogP) is 2.09. The molecule has 8 heteroatoms. The molecule has 0 aliphatic carbocycles. The van der Waals surface area contributed by atoms with Gasteiger partial charge < -0.3 is 15.4 Å². The van der Waals surface area contributed by atoms with Gasteiger partial charge in [0, 0.05) is 5.69 Å². The van der Waals surface area contributed by atoms with Crippen molar-refractivity contribution in [1.29, 1.82) is 0 Å². The zero-order valence-electron chi connectivity index (χ0n) is 13.1. The van der Waals surface area contributed by atoms with Crippen LogP contribution in [-0.2, 0) is 9.53 Å². The van der Waals surface area contributed by atoms with E-state index in [2.05, 4.69) is 10.6 Å². The van der Waals surface area contributed by atoms with Crippen LogP contribution in [0.3, 0.4) is 0 Å². The SMILES string of the molecule is CC(C)(C)OC(=O)N1CC(C(=O)Nc2ccc(F)cc2)NC1=O. The molecule has 1 heterocycles. The minimum atomic E-state index is -0.903. The van der Waals surface area contributed by atoms with E-state index in [-0.39, 0.29) is 6.54 Å². The number of imide groups is 1. The lowest BCUT2D eigenvalue weighted by Crippen LogP contribution is -2.39. The van der Waals surface area contributed by atoms with Crippen LogP contribution < -0.4 is 10.6 Å². The number of amides is 4. The average Bonchev–Trinajstić information content (AvgIpc) is 2.82. The number of anilines is 1. The number of urea groups is 1. The van der Waals surface area contributed by atoms with Gasteiger partial charge >= 0.3 is 12.1 Å². The van der Waals surface area contributed by atoms with E-state index in [9.17, 15) is 18.8 Å². The van der Waals surface area contributed by atoms with Crippen molar-refractivity contribution < 1.29 is 23.5 Å². The van der Waals surface area contributed by atoms with Crippen molar-refractivity contribution in [3.8, 4) is 0 Å². The smallest absolute Gasteiger partial charge is 0.418 e. The van der Waals surface area contributed by atoms with E-state index in [1.807, 2.05) is 0 Å². The summed E-state index contributed by atoms with van der Waals surface area (Å²) in [5, 5.41) is 4.94. The maximum absolute atomic E-state index is 12.8. The summed E-state index contributed by atoms with van der Waals surface area (Å²) in [6.45, 7) is 4.90. The summed E-state index contributed by atoms with van der Waals surface area (Å²) in [6, 6.07) is 3.61. The van der Waals surface area contributed by atoms with Gasteiger partial charge in [-0.15, -0.1) is 0 Å². The fraction of sp³-hybridized carbons (Fsp3) is 0.400. The highest BCUT2D eigenvalue weighted by atomic mass is 19.1. The summed E-state index contributed by atoms with van der Waals surface area (Å²) in [5.74, 6) is -0.927. The molecule has 23 heavy (non-hydrogen) atoms. The molecule has 0 aromatic heterocycles. The number of ether oxygens (including phenoxy) is 1. The van der Waals surface area contributed by atoms with Crippen molar-refractivity contribution in [2.45, 2.75) is 32.4 Å². The molecule has 4 amide bonds. The summed E-state index contributed by atoms with van der Waals surface area (Å²) in [5.41, 5.74) is -0.354. The van der Waals surface area contributed by atoms with Crippen molar-refractivity contribution in [3.63, 3.8) is 0 Å². The fourth-order valence-electron chi connectivity index (χ4n) is 1.92. The lowest BCUT2D eigenvalue weighted by Gasteiger charge is -2.22. The quantitative estimate of drug-likeness (QED) is 0.872. The van der Waals surface area contributed by atoms with Crippen molar-refractivity contribution in [2.24, 2.45) is 0 Å². The van der Waals surface area contributed by atoms with Crippen molar-refractivity contribution in [2.75, 3.05) is 11.9 Å². The van der Waals surface area contributed by atoms with Crippen LogP contribution in [0.15, 0.2) is 24.3 Å². The van der Waals surface area contributed by atoms with Crippen molar-refractivity contribution in [1.82, 2.24) is 10.2 Å². The Labute approximate surface area is 132 Å². The standard InChI is InChI=1S/C15H18FN3O4/c1-15(2,3)23-14(22)19-8-11(18-13(19)21)12(20)17-10-6-4-9(16)5-7-10/h4-7,11H,8H2,1-3H3,(H,17,20)(H,18,21). The van der Waals surface area contributed by atoms with Crippen molar-refractivity contribution in [3.05, 3.63) is 30.1 Å². The van der Waals surface area contributed by atoms with Gasteiger partial charge in [-0.25, -0.2) is 18.9 Å². The van der Waals surface area contributed by atoms with Gasteiger partial charge in [0.15, 0.2) is 0 Å². The van der Waals surface area contributed by atoms with E-state index in [1.54, 1.807) is 20.8 Å². The van der Waals surface area contributed by atoms with Gasteiger partial charge in [-0.1, -0.05) is 0 Å². The van der Waals surface area contributed by atoms with Crippen LogP contribution in [0.4, 0.5) is 19.7 Å². The highest BCUT2D eigenvalue weighted by Gasteiger charge is 2.39. The Balaban J connectivity index is 1.97. The van der Waals surface area contributed by atoms with E-state index in [0.717, 1.165) is 4.90 Å². The Morgan fingerprint density at radius 3 is 2.48 bits per heavy atom. The van der Waals surface area contributed by atoms with Gasteiger partial charge in [0.05, 0.1) is 6.54 Å². The normalized spacial score (nSPS) is 17.7. The second-order valence-corrected chi connectivity index (χ2v) is 6.09. The van der Waals surface area contributed by atoms with Crippen LogP contribution in [0.25, 0.3) is 0 Å². The second-order valence-electron chi connectivity index (χ2n) is 6.09. The first kappa shape index (κ1) is 16.7. The number of hydrogen-bond donors (Lipinski definition) is 2. The number of carbonyl (C=O) groups excluding carboxylic acids is 3. The topological polar surface area (TPSA) is 87.7 Å². The molecule has 7 nitrogen and oxygen atoms in total. The molecule has 1 atom stereocenters. The Bertz CT molecular complexity index is 625. The minimum Gasteiger partial charge on any atom is -0.443 e. The Morgan fingerprint density at radius 2 is 1.91 bits per heavy atom. The van der Waals surface area contributed by atoms with Gasteiger partial charge in [0.25, 0.3) is 0 Å². The number of rotatable bonds is 2. The van der Waals surface area contributed by atoms with Gasteiger partial charge in [-0.2, -0.15) is 0 Å². The summed E-state index contributed by atoms with van der Waals surface area (Å²) in [7, 11) is 0. The third-order valence-corrected chi connectivity index (χ3v) is 2.95. The number of nitrogens with one attached hydrogen (secondary N) is 2. The molecule has 1 aliphatic heterocycles.